The molecule has 0 saturated carbocycles. The summed E-state index contributed by atoms with van der Waals surface area (Å²) in [7, 11) is 0. The molecule has 1 saturated heterocycles. The molecule has 1 heterocycles. The molecule has 2 unspecified atom stereocenters. The van der Waals surface area contributed by atoms with E-state index in [1.807, 2.05) is 0 Å². The maximum Gasteiger partial charge on any atom is -1.00 e. The minimum atomic E-state index is -2.67. The molecule has 0 radical (unpaired) electrons. The molecule has 3 aliphatic rings. The summed E-state index contributed by atoms with van der Waals surface area (Å²) in [6, 6.07) is 21.8. The van der Waals surface area contributed by atoms with E-state index < -0.39 is 29.0 Å². The summed E-state index contributed by atoms with van der Waals surface area (Å²) in [4.78, 5) is 0. The Hall–Kier alpha value is -0.183. The number of hydrogen-bond acceptors (Lipinski definition) is 0. The van der Waals surface area contributed by atoms with E-state index >= 15 is 0 Å². The zero-order valence-corrected chi connectivity index (χ0v) is 23.7. The molecular formula is C24H30Cl2Si2Zr. The first-order valence-electron chi connectivity index (χ1n) is 10.4. The van der Waals surface area contributed by atoms with Crippen LogP contribution in [0.5, 0.6) is 0 Å². The van der Waals surface area contributed by atoms with Crippen LogP contribution in [0.1, 0.15) is 29.5 Å². The van der Waals surface area contributed by atoms with Gasteiger partial charge in [0.05, 0.1) is 0 Å². The van der Waals surface area contributed by atoms with Crippen molar-refractivity contribution in [3.63, 3.8) is 0 Å². The Bertz CT molecular complexity index is 901. The molecule has 0 bridgehead atoms. The van der Waals surface area contributed by atoms with E-state index in [1.165, 1.54) is 11.1 Å². The van der Waals surface area contributed by atoms with Gasteiger partial charge in [-0.2, -0.15) is 0 Å². The van der Waals surface area contributed by atoms with E-state index in [9.17, 15) is 0 Å². The Morgan fingerprint density at radius 3 is 1.45 bits per heavy atom. The summed E-state index contributed by atoms with van der Waals surface area (Å²) in [5.41, 5.74) is 6.40. The zero-order valence-electron chi connectivity index (χ0n) is 17.8. The van der Waals surface area contributed by atoms with Gasteiger partial charge in [-0.1, -0.05) is 0 Å². The Morgan fingerprint density at radius 2 is 1.03 bits per heavy atom. The first kappa shape index (κ1) is 23.5. The summed E-state index contributed by atoms with van der Waals surface area (Å²) in [5, 5.41) is -2.51. The van der Waals surface area contributed by atoms with Gasteiger partial charge in [-0.3, -0.25) is 0 Å². The third-order valence-electron chi connectivity index (χ3n) is 8.19. The third kappa shape index (κ3) is 3.14. The van der Waals surface area contributed by atoms with Crippen molar-refractivity contribution in [2.75, 3.05) is 0 Å². The molecule has 29 heavy (non-hydrogen) atoms. The quantitative estimate of drug-likeness (QED) is 0.505. The molecular weight excluding hydrogens is 507 g/mol. The van der Waals surface area contributed by atoms with Crippen molar-refractivity contribution >= 4 is 22.6 Å². The molecule has 1 aliphatic heterocycles. The Labute approximate surface area is 193 Å². The van der Waals surface area contributed by atoms with Crippen molar-refractivity contribution in [1.82, 2.24) is 0 Å². The summed E-state index contributed by atoms with van der Waals surface area (Å²) in [5.74, 6) is 0. The molecule has 2 aromatic rings. The van der Waals surface area contributed by atoms with Gasteiger partial charge in [0, 0.05) is 0 Å². The van der Waals surface area contributed by atoms with Gasteiger partial charge in [-0.05, 0) is 0 Å². The van der Waals surface area contributed by atoms with E-state index in [0.717, 1.165) is 7.25 Å². The Kier molecular flexibility index (Phi) is 6.53. The van der Waals surface area contributed by atoms with Gasteiger partial charge in [0.15, 0.2) is 0 Å². The molecule has 0 amide bonds. The van der Waals surface area contributed by atoms with Crippen LogP contribution in [0.3, 0.4) is 0 Å². The first-order chi connectivity index (χ1) is 12.9. The van der Waals surface area contributed by atoms with Crippen molar-refractivity contribution in [1.29, 1.82) is 0 Å². The number of fused-ring (bicyclic) bond motifs is 2. The summed E-state index contributed by atoms with van der Waals surface area (Å²) in [6.07, 6.45) is 10.3. The molecule has 0 nitrogen and oxygen atoms in total. The molecule has 2 atom stereocenters. The van der Waals surface area contributed by atoms with Gasteiger partial charge in [0.1, 0.15) is 0 Å². The van der Waals surface area contributed by atoms with E-state index in [1.54, 1.807) is 23.2 Å². The van der Waals surface area contributed by atoms with Gasteiger partial charge in [-0.25, -0.2) is 0 Å². The van der Waals surface area contributed by atoms with Gasteiger partial charge in [0.2, 0.25) is 0 Å². The van der Waals surface area contributed by atoms with Crippen molar-refractivity contribution < 1.29 is 43.4 Å². The van der Waals surface area contributed by atoms with Gasteiger partial charge >= 0.3 is 170 Å². The fourth-order valence-electron chi connectivity index (χ4n) is 7.13. The fourth-order valence-corrected chi connectivity index (χ4v) is 118. The predicted octanol–water partition coefficient (Wildman–Crippen LogP) is 1.11. The van der Waals surface area contributed by atoms with E-state index in [0.29, 0.717) is 0 Å². The van der Waals surface area contributed by atoms with E-state index in [2.05, 4.69) is 99.0 Å². The number of hydrogen-bond donors (Lipinski definition) is 0. The van der Waals surface area contributed by atoms with E-state index in [-0.39, 0.29) is 24.8 Å². The maximum atomic E-state index is 2.80. The summed E-state index contributed by atoms with van der Waals surface area (Å²) < 4.78 is 1.59. The van der Waals surface area contributed by atoms with Crippen molar-refractivity contribution in [3.8, 4) is 0 Å². The predicted molar refractivity (Wildman–Crippen MR) is 121 cm³/mol. The molecule has 5 heteroatoms. The minimum Gasteiger partial charge on any atom is -1.00 e. The molecule has 0 spiro atoms. The molecule has 2 aromatic carbocycles. The van der Waals surface area contributed by atoms with Crippen LogP contribution in [0.4, 0.5) is 0 Å². The van der Waals surface area contributed by atoms with E-state index in [4.69, 9.17) is 0 Å². The van der Waals surface area contributed by atoms with Crippen molar-refractivity contribution in [3.05, 3.63) is 82.9 Å². The van der Waals surface area contributed by atoms with Crippen LogP contribution in [-0.4, -0.2) is 10.4 Å². The molecule has 2 aliphatic carbocycles. The van der Waals surface area contributed by atoms with Crippen molar-refractivity contribution in [2.24, 2.45) is 0 Å². The average molecular weight is 537 g/mol. The van der Waals surface area contributed by atoms with Gasteiger partial charge < -0.3 is 24.8 Å². The fraction of sp³-hybridized carbons (Fsp3) is 0.333. The normalized spacial score (nSPS) is 25.2. The molecule has 0 aromatic heterocycles. The average Bonchev–Trinajstić information content (AvgIpc) is 3.30. The van der Waals surface area contributed by atoms with Crippen LogP contribution in [-0.2, 0) is 18.6 Å². The van der Waals surface area contributed by atoms with Crippen LogP contribution >= 0.6 is 0 Å². The van der Waals surface area contributed by atoms with Crippen LogP contribution in [0.15, 0.2) is 60.7 Å². The zero-order chi connectivity index (χ0) is 18.9. The van der Waals surface area contributed by atoms with Gasteiger partial charge in [0.25, 0.3) is 0 Å². The van der Waals surface area contributed by atoms with Gasteiger partial charge in [-0.15, -0.1) is 0 Å². The van der Waals surface area contributed by atoms with Crippen LogP contribution < -0.4 is 24.8 Å². The second kappa shape index (κ2) is 8.06. The second-order valence-corrected chi connectivity index (χ2v) is 58.6. The van der Waals surface area contributed by atoms with Crippen molar-refractivity contribution in [2.45, 2.75) is 45.5 Å². The second-order valence-electron chi connectivity index (χ2n) is 10.1. The standard InChI is InChI=1S/2C9H7.C6H16Si2.2ClH.Zr/c2*1-2-5-9-7-3-6-8(9)4-1;1-7(2)5-6-8(3)4;;;/h2*1-7H;5-6H2,1-4H3;2*1H;/q;;;;;+2/p-2. The molecule has 1 fully saturated rings. The number of halogens is 2. The largest absolute Gasteiger partial charge is 1.00 e. The summed E-state index contributed by atoms with van der Waals surface area (Å²) in [6.45, 7) is 11.2. The number of benzene rings is 2. The number of allylic oxidation sites excluding steroid dienone is 2. The topological polar surface area (TPSA) is 0 Å². The smallest absolute Gasteiger partial charge is 1.00 e. The first-order valence-corrected chi connectivity index (χ1v) is 27.1. The maximum absolute atomic E-state index is 2.80. The summed E-state index contributed by atoms with van der Waals surface area (Å²) >= 11 is -2.67. The SMILES string of the molecule is C[Si]1(C)CC[Si](C)(C)[Zr+2]1([CH]1C=Cc2ccccc21)[CH]1C=Cc2ccccc21.[Cl-].[Cl-]. The minimum absolute atomic E-state index is 0. The number of rotatable bonds is 2. The van der Waals surface area contributed by atoms with Crippen LogP contribution in [0.2, 0.25) is 38.3 Å². The Balaban J connectivity index is 0.00000120. The van der Waals surface area contributed by atoms with Crippen LogP contribution in [0.25, 0.3) is 12.2 Å². The molecule has 5 rings (SSSR count). The van der Waals surface area contributed by atoms with Crippen LogP contribution in [0, 0.1) is 0 Å². The Morgan fingerprint density at radius 1 is 0.655 bits per heavy atom. The molecule has 152 valence electrons. The molecule has 0 N–H and O–H groups in total. The monoisotopic (exact) mass is 534 g/mol. The third-order valence-corrected chi connectivity index (χ3v) is 91.6.